The molecule has 0 aliphatic carbocycles. The molecule has 0 saturated carbocycles. The van der Waals surface area contributed by atoms with Gasteiger partial charge < -0.3 is 9.88 Å². The molecule has 1 unspecified atom stereocenters. The van der Waals surface area contributed by atoms with Gasteiger partial charge in [-0.15, -0.1) is 0 Å². The molecule has 7 nitrogen and oxygen atoms in total. The van der Waals surface area contributed by atoms with Crippen LogP contribution in [-0.4, -0.2) is 30.9 Å². The number of amidine groups is 1. The number of hydrogen-bond donors (Lipinski definition) is 1. The number of hydrogen-bond acceptors (Lipinski definition) is 5. The van der Waals surface area contributed by atoms with Crippen molar-refractivity contribution in [1.29, 1.82) is 0 Å². The Morgan fingerprint density at radius 3 is 1.57 bits per heavy atom. The molecule has 13 rings (SSSR count). The Balaban J connectivity index is 1.01. The van der Waals surface area contributed by atoms with Gasteiger partial charge in [-0.2, -0.15) is 4.99 Å². The first-order chi connectivity index (χ1) is 33.7. The van der Waals surface area contributed by atoms with E-state index in [1.165, 1.54) is 0 Å². The van der Waals surface area contributed by atoms with Crippen LogP contribution in [0.4, 0.5) is 0 Å². The Labute approximate surface area is 392 Å². The van der Waals surface area contributed by atoms with Crippen LogP contribution < -0.4 is 5.32 Å². The largest absolute Gasteiger partial charge is 0.344 e. The van der Waals surface area contributed by atoms with Crippen molar-refractivity contribution in [2.24, 2.45) is 9.98 Å². The molecule has 7 heteroatoms. The molecule has 0 bridgehead atoms. The lowest BCUT2D eigenvalue weighted by Crippen LogP contribution is -2.35. The first kappa shape index (κ1) is 39.2. The van der Waals surface area contributed by atoms with Gasteiger partial charge in [0.1, 0.15) is 12.0 Å². The maximum absolute atomic E-state index is 5.32. The Morgan fingerprint density at radius 2 is 0.912 bits per heavy atom. The highest BCUT2D eigenvalue weighted by Crippen LogP contribution is 2.41. The zero-order chi connectivity index (χ0) is 45.0. The van der Waals surface area contributed by atoms with Gasteiger partial charge in [0.05, 0.1) is 33.5 Å². The Hall–Kier alpha value is -9.20. The molecule has 68 heavy (non-hydrogen) atoms. The highest BCUT2D eigenvalue weighted by molar-refractivity contribution is 6.19. The summed E-state index contributed by atoms with van der Waals surface area (Å²) in [4.78, 5) is 21.2. The van der Waals surface area contributed by atoms with Crippen molar-refractivity contribution in [1.82, 2.24) is 24.4 Å². The molecule has 4 heterocycles. The Bertz CT molecular complexity index is 3860. The van der Waals surface area contributed by atoms with Crippen LogP contribution in [0.2, 0.25) is 0 Å². The molecule has 1 N–H and O–H groups in total. The van der Waals surface area contributed by atoms with E-state index in [0.29, 0.717) is 11.8 Å². The van der Waals surface area contributed by atoms with Crippen molar-refractivity contribution in [3.63, 3.8) is 0 Å². The minimum Gasteiger partial charge on any atom is -0.344 e. The van der Waals surface area contributed by atoms with Gasteiger partial charge in [0.15, 0.2) is 5.82 Å². The standard InChI is InChI=1S/C61H41N7/c1-6-19-40(20-7-1)51-39-52(41-21-8-2-9-22-41)63-60(62-51)48-30-18-32-56-57(48)50-38-45(34-36-55(50)67(56)46-27-14-5-15-28-46)44-33-35-54-49(37-44)47-29-16-17-31-53(47)68(54)61-65-58(42-23-10-3-11-24-42)64-59(66-61)43-25-12-4-13-26-43/h1-39,58H,(H,64,65,66). The van der Waals surface area contributed by atoms with E-state index in [4.69, 9.17) is 20.0 Å². The minimum absolute atomic E-state index is 0.319. The van der Waals surface area contributed by atoms with E-state index in [0.717, 1.165) is 105 Å². The molecule has 0 spiro atoms. The summed E-state index contributed by atoms with van der Waals surface area (Å²) in [6.45, 7) is 0. The lowest BCUT2D eigenvalue weighted by atomic mass is 9.99. The van der Waals surface area contributed by atoms with Gasteiger partial charge in [-0.3, -0.25) is 4.57 Å². The number of nitrogens with one attached hydrogen (secondary N) is 1. The second kappa shape index (κ2) is 16.3. The quantitative estimate of drug-likeness (QED) is 0.173. The normalized spacial score (nSPS) is 13.7. The molecule has 1 aliphatic heterocycles. The average molecular weight is 872 g/mol. The second-order valence-electron chi connectivity index (χ2n) is 17.1. The first-order valence-corrected chi connectivity index (χ1v) is 22.9. The van der Waals surface area contributed by atoms with Crippen molar-refractivity contribution < 1.29 is 0 Å². The van der Waals surface area contributed by atoms with E-state index in [-0.39, 0.29) is 6.17 Å². The van der Waals surface area contributed by atoms with Crippen LogP contribution in [0.15, 0.2) is 247 Å². The summed E-state index contributed by atoms with van der Waals surface area (Å²) in [7, 11) is 0. The molecule has 0 saturated heterocycles. The van der Waals surface area contributed by atoms with Crippen molar-refractivity contribution in [2.75, 3.05) is 0 Å². The molecule has 0 radical (unpaired) electrons. The van der Waals surface area contributed by atoms with Crippen molar-refractivity contribution >= 4 is 55.4 Å². The SMILES string of the molecule is c1ccc(C2=NC(n3c4ccccc4c4cc(-c5ccc6c(c5)c5c(-c7nc(-c8ccccc8)cc(-c8ccccc8)n7)cccc5n6-c5ccccc5)ccc43)=NC(c3ccccc3)N2)cc1. The summed E-state index contributed by atoms with van der Waals surface area (Å²) >= 11 is 0. The van der Waals surface area contributed by atoms with Crippen LogP contribution >= 0.6 is 0 Å². The molecule has 0 amide bonds. The summed E-state index contributed by atoms with van der Waals surface area (Å²) < 4.78 is 4.57. The van der Waals surface area contributed by atoms with E-state index < -0.39 is 0 Å². The summed E-state index contributed by atoms with van der Waals surface area (Å²) in [6.07, 6.45) is -0.319. The zero-order valence-corrected chi connectivity index (χ0v) is 36.8. The summed E-state index contributed by atoms with van der Waals surface area (Å²) in [5.74, 6) is 2.09. The Kier molecular flexibility index (Phi) is 9.42. The van der Waals surface area contributed by atoms with Crippen LogP contribution in [0, 0.1) is 0 Å². The second-order valence-corrected chi connectivity index (χ2v) is 17.1. The fraction of sp³-hybridized carbons (Fsp3) is 0.0164. The zero-order valence-electron chi connectivity index (χ0n) is 36.8. The van der Waals surface area contributed by atoms with Gasteiger partial charge in [-0.05, 0) is 71.3 Å². The summed E-state index contributed by atoms with van der Waals surface area (Å²) in [5, 5.41) is 8.09. The van der Waals surface area contributed by atoms with Gasteiger partial charge >= 0.3 is 0 Å². The van der Waals surface area contributed by atoms with Gasteiger partial charge in [-0.1, -0.05) is 182 Å². The molecule has 320 valence electrons. The monoisotopic (exact) mass is 871 g/mol. The van der Waals surface area contributed by atoms with E-state index >= 15 is 0 Å². The third-order valence-corrected chi connectivity index (χ3v) is 13.0. The molecule has 1 aliphatic rings. The van der Waals surface area contributed by atoms with Crippen LogP contribution in [0.3, 0.4) is 0 Å². The summed E-state index contributed by atoms with van der Waals surface area (Å²) in [5.41, 5.74) is 14.4. The van der Waals surface area contributed by atoms with E-state index in [2.05, 4.69) is 215 Å². The number of aliphatic imine (C=N–C) groups is 2. The summed E-state index contributed by atoms with van der Waals surface area (Å²) in [6, 6.07) is 82.8. The highest BCUT2D eigenvalue weighted by atomic mass is 15.3. The third-order valence-electron chi connectivity index (χ3n) is 13.0. The van der Waals surface area contributed by atoms with Crippen LogP contribution in [-0.2, 0) is 0 Å². The highest BCUT2D eigenvalue weighted by Gasteiger charge is 2.25. The fourth-order valence-electron chi connectivity index (χ4n) is 9.82. The maximum Gasteiger partial charge on any atom is 0.234 e. The lowest BCUT2D eigenvalue weighted by Gasteiger charge is -2.24. The molecule has 9 aromatic carbocycles. The molecule has 12 aromatic rings. The maximum atomic E-state index is 5.32. The number of rotatable bonds is 7. The predicted molar refractivity (Wildman–Crippen MR) is 279 cm³/mol. The number of benzene rings is 9. The third kappa shape index (κ3) is 6.76. The van der Waals surface area contributed by atoms with Gasteiger partial charge in [-0.25, -0.2) is 15.0 Å². The van der Waals surface area contributed by atoms with E-state index in [9.17, 15) is 0 Å². The molecule has 3 aromatic heterocycles. The van der Waals surface area contributed by atoms with Gasteiger partial charge in [0.2, 0.25) is 5.96 Å². The van der Waals surface area contributed by atoms with Gasteiger partial charge in [0.25, 0.3) is 0 Å². The lowest BCUT2D eigenvalue weighted by molar-refractivity contribution is 0.668. The Morgan fingerprint density at radius 1 is 0.382 bits per heavy atom. The smallest absolute Gasteiger partial charge is 0.234 e. The van der Waals surface area contributed by atoms with Gasteiger partial charge in [0, 0.05) is 49.5 Å². The van der Waals surface area contributed by atoms with E-state index in [1.54, 1.807) is 0 Å². The van der Waals surface area contributed by atoms with E-state index in [1.807, 2.05) is 36.4 Å². The molecule has 1 atom stereocenters. The topological polar surface area (TPSA) is 72.4 Å². The first-order valence-electron chi connectivity index (χ1n) is 22.9. The van der Waals surface area contributed by atoms with Crippen molar-refractivity contribution in [3.8, 4) is 50.7 Å². The van der Waals surface area contributed by atoms with Crippen LogP contribution in [0.5, 0.6) is 0 Å². The average Bonchev–Trinajstić information content (AvgIpc) is 3.94. The molecular formula is C61H41N7. The van der Waals surface area contributed by atoms with Crippen molar-refractivity contribution in [2.45, 2.75) is 6.17 Å². The molecule has 0 fully saturated rings. The fourth-order valence-corrected chi connectivity index (χ4v) is 9.82. The molecular weight excluding hydrogens is 831 g/mol. The minimum atomic E-state index is -0.319. The number of nitrogens with zero attached hydrogens (tertiary/aromatic N) is 6. The van der Waals surface area contributed by atoms with Crippen LogP contribution in [0.1, 0.15) is 17.3 Å². The van der Waals surface area contributed by atoms with Crippen molar-refractivity contribution in [3.05, 3.63) is 248 Å². The number of para-hydroxylation sites is 2. The number of fused-ring (bicyclic) bond motifs is 6. The van der Waals surface area contributed by atoms with Crippen LogP contribution in [0.25, 0.3) is 94.3 Å². The number of aromatic nitrogens is 4. The predicted octanol–water partition coefficient (Wildman–Crippen LogP) is 14.3.